The van der Waals surface area contributed by atoms with E-state index in [9.17, 15) is 13.6 Å². The Morgan fingerprint density at radius 3 is 2.47 bits per heavy atom. The fourth-order valence-corrected chi connectivity index (χ4v) is 2.22. The van der Waals surface area contributed by atoms with E-state index in [1.54, 1.807) is 4.90 Å². The summed E-state index contributed by atoms with van der Waals surface area (Å²) < 4.78 is 25.8. The number of carbonyl (C=O) groups is 1. The second-order valence-corrected chi connectivity index (χ2v) is 4.38. The Labute approximate surface area is 87.8 Å². The first kappa shape index (κ1) is 10.8. The minimum Gasteiger partial charge on any atom is -0.341 e. The van der Waals surface area contributed by atoms with Crippen molar-refractivity contribution in [3.05, 3.63) is 0 Å². The normalized spacial score (nSPS) is 30.5. The second kappa shape index (κ2) is 4.04. The van der Waals surface area contributed by atoms with Gasteiger partial charge in [0.05, 0.1) is 12.6 Å². The van der Waals surface area contributed by atoms with Crippen molar-refractivity contribution in [2.75, 3.05) is 19.6 Å². The van der Waals surface area contributed by atoms with E-state index >= 15 is 0 Å². The summed E-state index contributed by atoms with van der Waals surface area (Å²) in [4.78, 5) is 13.5. The summed E-state index contributed by atoms with van der Waals surface area (Å²) in [5.41, 5.74) is 0. The van der Waals surface area contributed by atoms with Gasteiger partial charge in [-0.05, 0) is 19.3 Å². The lowest BCUT2D eigenvalue weighted by Crippen LogP contribution is -2.45. The predicted molar refractivity (Wildman–Crippen MR) is 51.8 cm³/mol. The SMILES string of the molecule is O=C([C@H]1CC(F)(F)CN1)N1CCCCC1. The van der Waals surface area contributed by atoms with Crippen molar-refractivity contribution in [1.82, 2.24) is 10.2 Å². The van der Waals surface area contributed by atoms with Gasteiger partial charge in [0.25, 0.3) is 5.92 Å². The van der Waals surface area contributed by atoms with E-state index in [-0.39, 0.29) is 18.9 Å². The third kappa shape index (κ3) is 2.45. The molecule has 0 spiro atoms. The average molecular weight is 218 g/mol. The summed E-state index contributed by atoms with van der Waals surface area (Å²) in [5.74, 6) is -2.86. The number of halogens is 2. The van der Waals surface area contributed by atoms with Crippen molar-refractivity contribution in [3.8, 4) is 0 Å². The number of nitrogens with zero attached hydrogens (tertiary/aromatic N) is 1. The topological polar surface area (TPSA) is 32.3 Å². The Kier molecular flexibility index (Phi) is 2.91. The summed E-state index contributed by atoms with van der Waals surface area (Å²) in [6.45, 7) is 1.09. The van der Waals surface area contributed by atoms with Crippen molar-refractivity contribution >= 4 is 5.91 Å². The summed E-state index contributed by atoms with van der Waals surface area (Å²) in [6, 6.07) is -0.668. The molecule has 0 aromatic rings. The molecule has 5 heteroatoms. The highest BCUT2D eigenvalue weighted by Crippen LogP contribution is 2.26. The quantitative estimate of drug-likeness (QED) is 0.712. The van der Waals surface area contributed by atoms with Crippen molar-refractivity contribution in [2.24, 2.45) is 0 Å². The Morgan fingerprint density at radius 2 is 1.93 bits per heavy atom. The largest absolute Gasteiger partial charge is 0.341 e. The van der Waals surface area contributed by atoms with Gasteiger partial charge in [0.2, 0.25) is 5.91 Å². The van der Waals surface area contributed by atoms with Gasteiger partial charge in [0.15, 0.2) is 0 Å². The predicted octanol–water partition coefficient (Wildman–Crippen LogP) is 0.996. The molecule has 15 heavy (non-hydrogen) atoms. The minimum atomic E-state index is -2.71. The fraction of sp³-hybridized carbons (Fsp3) is 0.900. The van der Waals surface area contributed by atoms with Crippen LogP contribution in [0.25, 0.3) is 0 Å². The summed E-state index contributed by atoms with van der Waals surface area (Å²) in [7, 11) is 0. The molecule has 2 rings (SSSR count). The third-order valence-electron chi connectivity index (χ3n) is 3.08. The van der Waals surface area contributed by atoms with Gasteiger partial charge in [0.1, 0.15) is 0 Å². The Hall–Kier alpha value is -0.710. The van der Waals surface area contributed by atoms with Gasteiger partial charge in [-0.3, -0.25) is 10.1 Å². The fourth-order valence-electron chi connectivity index (χ4n) is 2.22. The van der Waals surface area contributed by atoms with Crippen LogP contribution in [0.2, 0.25) is 0 Å². The molecule has 2 heterocycles. The molecule has 2 fully saturated rings. The average Bonchev–Trinajstić information content (AvgIpc) is 2.59. The Balaban J connectivity index is 1.90. The molecule has 2 aliphatic heterocycles. The Bertz CT molecular complexity index is 252. The van der Waals surface area contributed by atoms with E-state index in [1.807, 2.05) is 0 Å². The molecule has 1 N–H and O–H groups in total. The highest BCUT2D eigenvalue weighted by Gasteiger charge is 2.43. The first-order valence-electron chi connectivity index (χ1n) is 5.48. The van der Waals surface area contributed by atoms with Crippen LogP contribution in [-0.2, 0) is 4.79 Å². The van der Waals surface area contributed by atoms with E-state index in [1.165, 1.54) is 0 Å². The summed E-state index contributed by atoms with van der Waals surface area (Å²) >= 11 is 0. The molecular formula is C10H16F2N2O. The number of amides is 1. The van der Waals surface area contributed by atoms with Crippen molar-refractivity contribution in [1.29, 1.82) is 0 Å². The molecular weight excluding hydrogens is 202 g/mol. The number of nitrogens with one attached hydrogen (secondary N) is 1. The molecule has 0 radical (unpaired) electrons. The van der Waals surface area contributed by atoms with Gasteiger partial charge >= 0.3 is 0 Å². The molecule has 0 bridgehead atoms. The zero-order valence-electron chi connectivity index (χ0n) is 8.64. The van der Waals surface area contributed by atoms with Crippen LogP contribution in [0, 0.1) is 0 Å². The molecule has 2 aliphatic rings. The van der Waals surface area contributed by atoms with Crippen molar-refractivity contribution in [3.63, 3.8) is 0 Å². The lowest BCUT2D eigenvalue weighted by molar-refractivity contribution is -0.134. The van der Waals surface area contributed by atoms with E-state index in [2.05, 4.69) is 5.32 Å². The zero-order chi connectivity index (χ0) is 10.9. The van der Waals surface area contributed by atoms with E-state index in [4.69, 9.17) is 0 Å². The van der Waals surface area contributed by atoms with E-state index in [0.717, 1.165) is 32.4 Å². The molecule has 86 valence electrons. The lowest BCUT2D eigenvalue weighted by atomic mass is 10.1. The molecule has 2 saturated heterocycles. The molecule has 0 aromatic heterocycles. The number of alkyl halides is 2. The summed E-state index contributed by atoms with van der Waals surface area (Å²) in [5, 5.41) is 2.60. The smallest absolute Gasteiger partial charge is 0.262 e. The van der Waals surface area contributed by atoms with Crippen LogP contribution in [-0.4, -0.2) is 42.4 Å². The van der Waals surface area contributed by atoms with Crippen LogP contribution < -0.4 is 5.32 Å². The van der Waals surface area contributed by atoms with E-state index < -0.39 is 12.0 Å². The van der Waals surface area contributed by atoms with Crippen molar-refractivity contribution in [2.45, 2.75) is 37.6 Å². The molecule has 3 nitrogen and oxygen atoms in total. The van der Waals surface area contributed by atoms with Crippen LogP contribution in [0.4, 0.5) is 8.78 Å². The van der Waals surface area contributed by atoms with Crippen LogP contribution in [0.1, 0.15) is 25.7 Å². The van der Waals surface area contributed by atoms with Gasteiger partial charge in [0, 0.05) is 19.5 Å². The molecule has 1 atom stereocenters. The molecule has 0 saturated carbocycles. The second-order valence-electron chi connectivity index (χ2n) is 4.38. The number of piperidine rings is 1. The molecule has 0 aromatic carbocycles. The van der Waals surface area contributed by atoms with E-state index in [0.29, 0.717) is 0 Å². The standard InChI is InChI=1S/C10H16F2N2O/c11-10(12)6-8(13-7-10)9(15)14-4-2-1-3-5-14/h8,13H,1-7H2/t8-/m1/s1. The maximum absolute atomic E-state index is 12.9. The van der Waals surface area contributed by atoms with Crippen molar-refractivity contribution < 1.29 is 13.6 Å². The number of carbonyl (C=O) groups excluding carboxylic acids is 1. The van der Waals surface area contributed by atoms with Gasteiger partial charge < -0.3 is 4.90 Å². The number of hydrogen-bond donors (Lipinski definition) is 1. The molecule has 0 unspecified atom stereocenters. The minimum absolute atomic E-state index is 0.146. The Morgan fingerprint density at radius 1 is 1.27 bits per heavy atom. The van der Waals surface area contributed by atoms with Crippen LogP contribution in [0.15, 0.2) is 0 Å². The number of hydrogen-bond acceptors (Lipinski definition) is 2. The van der Waals surface area contributed by atoms with Gasteiger partial charge in [-0.2, -0.15) is 0 Å². The zero-order valence-corrected chi connectivity index (χ0v) is 8.64. The highest BCUT2D eigenvalue weighted by atomic mass is 19.3. The first-order chi connectivity index (χ1) is 7.08. The van der Waals surface area contributed by atoms with Gasteiger partial charge in [-0.1, -0.05) is 0 Å². The van der Waals surface area contributed by atoms with Crippen LogP contribution in [0.3, 0.4) is 0 Å². The lowest BCUT2D eigenvalue weighted by Gasteiger charge is -2.29. The van der Waals surface area contributed by atoms with Crippen LogP contribution in [0.5, 0.6) is 0 Å². The third-order valence-corrected chi connectivity index (χ3v) is 3.08. The van der Waals surface area contributed by atoms with Gasteiger partial charge in [-0.15, -0.1) is 0 Å². The van der Waals surface area contributed by atoms with Crippen LogP contribution >= 0.6 is 0 Å². The first-order valence-corrected chi connectivity index (χ1v) is 5.48. The summed E-state index contributed by atoms with van der Waals surface area (Å²) in [6.07, 6.45) is 2.78. The maximum Gasteiger partial charge on any atom is 0.262 e. The van der Waals surface area contributed by atoms with Gasteiger partial charge in [-0.25, -0.2) is 8.78 Å². The number of likely N-dealkylation sites (tertiary alicyclic amines) is 1. The molecule has 0 aliphatic carbocycles. The maximum atomic E-state index is 12.9. The molecule has 1 amide bonds. The monoisotopic (exact) mass is 218 g/mol. The highest BCUT2D eigenvalue weighted by molar-refractivity contribution is 5.82. The number of rotatable bonds is 1.